The average molecular weight is 238 g/mol. The summed E-state index contributed by atoms with van der Waals surface area (Å²) in [6, 6.07) is 1.61. The van der Waals surface area contributed by atoms with Crippen LogP contribution in [0.4, 0.5) is 4.79 Å². The molecule has 0 saturated heterocycles. The van der Waals surface area contributed by atoms with Crippen molar-refractivity contribution in [2.75, 3.05) is 0 Å². The second-order valence-corrected chi connectivity index (χ2v) is 3.96. The number of phenolic OH excluding ortho intramolecular Hbond substituents is 1. The van der Waals surface area contributed by atoms with Gasteiger partial charge in [-0.3, -0.25) is 0 Å². The van der Waals surface area contributed by atoms with E-state index in [0.29, 0.717) is 5.56 Å². The van der Waals surface area contributed by atoms with Gasteiger partial charge in [0, 0.05) is 0 Å². The van der Waals surface area contributed by atoms with E-state index in [1.54, 1.807) is 13.0 Å². The molecule has 4 heteroatoms. The molecule has 0 spiro atoms. The highest BCUT2D eigenvalue weighted by molar-refractivity contribution is 5.65. The molecule has 94 valence electrons. The molecule has 1 aromatic rings. The van der Waals surface area contributed by atoms with E-state index in [1.807, 2.05) is 6.92 Å². The minimum absolute atomic E-state index is 0.0201. The standard InChI is InChI=1S/C13H18O4/c1-4-6-10-8(3)12(14)11(17-13(15)16)7-9(10)5-2/h7,14H,4-6H2,1-3H3,(H,15,16). The predicted molar refractivity (Wildman–Crippen MR) is 64.9 cm³/mol. The number of rotatable bonds is 4. The van der Waals surface area contributed by atoms with Crippen molar-refractivity contribution in [3.05, 3.63) is 22.8 Å². The maximum atomic E-state index is 10.5. The Kier molecular flexibility index (Phi) is 4.37. The quantitative estimate of drug-likeness (QED) is 0.624. The van der Waals surface area contributed by atoms with Gasteiger partial charge in [0.15, 0.2) is 11.5 Å². The van der Waals surface area contributed by atoms with Crippen LogP contribution in [-0.4, -0.2) is 16.4 Å². The topological polar surface area (TPSA) is 66.8 Å². The molecule has 1 rings (SSSR count). The Balaban J connectivity index is 3.28. The zero-order valence-electron chi connectivity index (χ0n) is 10.4. The third kappa shape index (κ3) is 2.90. The largest absolute Gasteiger partial charge is 0.511 e. The van der Waals surface area contributed by atoms with E-state index in [0.717, 1.165) is 30.4 Å². The molecule has 1 aromatic carbocycles. The summed E-state index contributed by atoms with van der Waals surface area (Å²) in [5.41, 5.74) is 2.83. The fourth-order valence-corrected chi connectivity index (χ4v) is 1.97. The summed E-state index contributed by atoms with van der Waals surface area (Å²) in [5.74, 6) is -0.0558. The number of carboxylic acid groups (broad SMARTS) is 1. The van der Waals surface area contributed by atoms with Gasteiger partial charge in [-0.05, 0) is 42.5 Å². The van der Waals surface area contributed by atoms with E-state index in [4.69, 9.17) is 5.11 Å². The summed E-state index contributed by atoms with van der Waals surface area (Å²) < 4.78 is 4.57. The van der Waals surface area contributed by atoms with Gasteiger partial charge in [-0.2, -0.15) is 0 Å². The van der Waals surface area contributed by atoms with Gasteiger partial charge < -0.3 is 14.9 Å². The molecule has 0 aliphatic rings. The molecule has 0 aliphatic heterocycles. The first-order valence-electron chi connectivity index (χ1n) is 5.76. The van der Waals surface area contributed by atoms with E-state index in [-0.39, 0.29) is 11.5 Å². The summed E-state index contributed by atoms with van der Waals surface area (Å²) >= 11 is 0. The minimum Gasteiger partial charge on any atom is -0.504 e. The third-order valence-electron chi connectivity index (χ3n) is 2.81. The lowest BCUT2D eigenvalue weighted by atomic mass is 9.95. The van der Waals surface area contributed by atoms with Crippen LogP contribution >= 0.6 is 0 Å². The van der Waals surface area contributed by atoms with E-state index in [9.17, 15) is 9.90 Å². The van der Waals surface area contributed by atoms with E-state index >= 15 is 0 Å². The second-order valence-electron chi connectivity index (χ2n) is 3.96. The lowest BCUT2D eigenvalue weighted by Crippen LogP contribution is -2.06. The number of aryl methyl sites for hydroxylation is 1. The van der Waals surface area contributed by atoms with Crippen LogP contribution in [0.2, 0.25) is 0 Å². The maximum absolute atomic E-state index is 10.5. The van der Waals surface area contributed by atoms with Crippen molar-refractivity contribution >= 4 is 6.16 Å². The zero-order valence-corrected chi connectivity index (χ0v) is 10.4. The first-order chi connectivity index (χ1) is 8.01. The van der Waals surface area contributed by atoms with Crippen molar-refractivity contribution in [1.82, 2.24) is 0 Å². The molecule has 2 N–H and O–H groups in total. The molecular formula is C13H18O4. The van der Waals surface area contributed by atoms with Gasteiger partial charge in [-0.15, -0.1) is 0 Å². The highest BCUT2D eigenvalue weighted by Gasteiger charge is 2.16. The fourth-order valence-electron chi connectivity index (χ4n) is 1.97. The lowest BCUT2D eigenvalue weighted by Gasteiger charge is -2.15. The van der Waals surface area contributed by atoms with Crippen molar-refractivity contribution in [1.29, 1.82) is 0 Å². The van der Waals surface area contributed by atoms with Crippen molar-refractivity contribution in [2.45, 2.75) is 40.0 Å². The number of hydrogen-bond donors (Lipinski definition) is 2. The summed E-state index contributed by atoms with van der Waals surface area (Å²) in [6.45, 7) is 5.85. The summed E-state index contributed by atoms with van der Waals surface area (Å²) in [6.07, 6.45) is 1.22. The van der Waals surface area contributed by atoms with Gasteiger partial charge in [-0.1, -0.05) is 20.3 Å². The maximum Gasteiger partial charge on any atom is 0.511 e. The summed E-state index contributed by atoms with van der Waals surface area (Å²) in [4.78, 5) is 10.5. The summed E-state index contributed by atoms with van der Waals surface area (Å²) in [7, 11) is 0. The Bertz CT molecular complexity index is 424. The lowest BCUT2D eigenvalue weighted by molar-refractivity contribution is 0.142. The van der Waals surface area contributed by atoms with Crippen LogP contribution in [-0.2, 0) is 12.8 Å². The molecule has 0 heterocycles. The molecule has 0 atom stereocenters. The van der Waals surface area contributed by atoms with Crippen molar-refractivity contribution < 1.29 is 19.7 Å². The smallest absolute Gasteiger partial charge is 0.504 e. The van der Waals surface area contributed by atoms with Crippen molar-refractivity contribution in [3.8, 4) is 11.5 Å². The van der Waals surface area contributed by atoms with Crippen LogP contribution in [0.3, 0.4) is 0 Å². The molecule has 0 fully saturated rings. The third-order valence-corrected chi connectivity index (χ3v) is 2.81. The molecule has 0 unspecified atom stereocenters. The molecule has 0 radical (unpaired) electrons. The number of aromatic hydroxyl groups is 1. The molecule has 0 aromatic heterocycles. The normalized spacial score (nSPS) is 10.3. The number of ether oxygens (including phenoxy) is 1. The average Bonchev–Trinajstić information content (AvgIpc) is 2.28. The molecule has 0 amide bonds. The van der Waals surface area contributed by atoms with Crippen LogP contribution in [0.25, 0.3) is 0 Å². The molecule has 0 aliphatic carbocycles. The highest BCUT2D eigenvalue weighted by atomic mass is 16.7. The molecule has 4 nitrogen and oxygen atoms in total. The van der Waals surface area contributed by atoms with Crippen LogP contribution in [0.5, 0.6) is 11.5 Å². The zero-order chi connectivity index (χ0) is 13.0. The second kappa shape index (κ2) is 5.57. The van der Waals surface area contributed by atoms with Gasteiger partial charge in [0.05, 0.1) is 0 Å². The van der Waals surface area contributed by atoms with Gasteiger partial charge in [0.25, 0.3) is 0 Å². The van der Waals surface area contributed by atoms with Gasteiger partial charge in [0.2, 0.25) is 0 Å². The van der Waals surface area contributed by atoms with Crippen LogP contribution in [0.15, 0.2) is 6.07 Å². The summed E-state index contributed by atoms with van der Waals surface area (Å²) in [5, 5.41) is 18.5. The molecule has 0 bridgehead atoms. The van der Waals surface area contributed by atoms with Crippen molar-refractivity contribution in [2.24, 2.45) is 0 Å². The minimum atomic E-state index is -1.41. The van der Waals surface area contributed by atoms with Crippen LogP contribution < -0.4 is 4.74 Å². The number of hydrogen-bond acceptors (Lipinski definition) is 3. The van der Waals surface area contributed by atoms with Crippen molar-refractivity contribution in [3.63, 3.8) is 0 Å². The molecule has 17 heavy (non-hydrogen) atoms. The Hall–Kier alpha value is -1.71. The first kappa shape index (κ1) is 13.4. The van der Waals surface area contributed by atoms with E-state index < -0.39 is 6.16 Å². The predicted octanol–water partition coefficient (Wildman–Crippen LogP) is 3.27. The van der Waals surface area contributed by atoms with E-state index in [2.05, 4.69) is 11.7 Å². The van der Waals surface area contributed by atoms with Crippen LogP contribution in [0.1, 0.15) is 37.0 Å². The van der Waals surface area contributed by atoms with Crippen LogP contribution in [0, 0.1) is 6.92 Å². The molecular weight excluding hydrogens is 220 g/mol. The monoisotopic (exact) mass is 238 g/mol. The Labute approximate surface area is 101 Å². The Morgan fingerprint density at radius 1 is 1.41 bits per heavy atom. The number of phenols is 1. The Morgan fingerprint density at radius 3 is 2.53 bits per heavy atom. The van der Waals surface area contributed by atoms with E-state index in [1.165, 1.54) is 0 Å². The van der Waals surface area contributed by atoms with Gasteiger partial charge in [-0.25, -0.2) is 4.79 Å². The first-order valence-corrected chi connectivity index (χ1v) is 5.76. The highest BCUT2D eigenvalue weighted by Crippen LogP contribution is 2.35. The molecule has 0 saturated carbocycles. The SMILES string of the molecule is CCCc1c(CC)cc(OC(=O)O)c(O)c1C. The van der Waals surface area contributed by atoms with Gasteiger partial charge >= 0.3 is 6.16 Å². The number of benzene rings is 1. The van der Waals surface area contributed by atoms with Gasteiger partial charge in [0.1, 0.15) is 0 Å². The fraction of sp³-hybridized carbons (Fsp3) is 0.462. The Morgan fingerprint density at radius 2 is 2.06 bits per heavy atom. The number of carbonyl (C=O) groups is 1.